The number of alkyl halides is 3. The van der Waals surface area contributed by atoms with Crippen molar-refractivity contribution in [3.8, 4) is 16.9 Å². The van der Waals surface area contributed by atoms with Crippen molar-refractivity contribution in [2.75, 3.05) is 31.6 Å². The number of carbonyl (C=O) groups is 2. The summed E-state index contributed by atoms with van der Waals surface area (Å²) < 4.78 is 40.8. The molecule has 10 heteroatoms. The number of rotatable bonds is 6. The number of amides is 1. The minimum absolute atomic E-state index is 0.0106. The van der Waals surface area contributed by atoms with Gasteiger partial charge in [0.2, 0.25) is 0 Å². The molecule has 1 unspecified atom stereocenters. The van der Waals surface area contributed by atoms with Crippen LogP contribution in [0.3, 0.4) is 0 Å². The second-order valence-electron chi connectivity index (χ2n) is 7.13. The van der Waals surface area contributed by atoms with E-state index in [9.17, 15) is 27.9 Å². The molecule has 0 radical (unpaired) electrons. The molecule has 2 aromatic carbocycles. The first-order valence-corrected chi connectivity index (χ1v) is 9.52. The molecule has 1 atom stereocenters. The smallest absolute Gasteiger partial charge is 0.465 e. The maximum Gasteiger partial charge on any atom is 0.573 e. The number of aldehydes is 1. The zero-order chi connectivity index (χ0) is 22.6. The van der Waals surface area contributed by atoms with E-state index in [0.717, 1.165) is 16.8 Å². The lowest BCUT2D eigenvalue weighted by Crippen LogP contribution is -2.69. The molecule has 1 heterocycles. The van der Waals surface area contributed by atoms with Crippen LogP contribution in [0.25, 0.3) is 11.1 Å². The molecule has 2 N–H and O–H groups in total. The van der Waals surface area contributed by atoms with Crippen LogP contribution < -0.4 is 15.0 Å². The highest BCUT2D eigenvalue weighted by Crippen LogP contribution is 2.30. The molecule has 0 aromatic heterocycles. The Labute approximate surface area is 177 Å². The fourth-order valence-electron chi connectivity index (χ4n) is 3.76. The van der Waals surface area contributed by atoms with Gasteiger partial charge in [-0.05, 0) is 42.4 Å². The SMILES string of the molecule is CNC1(CC=O)CN(c2ccc(-c3ccc(OC(F)(F)F)cc3)cc2)CCN1C(=O)O. The van der Waals surface area contributed by atoms with Gasteiger partial charge in [0, 0.05) is 25.2 Å². The van der Waals surface area contributed by atoms with Gasteiger partial charge in [-0.3, -0.25) is 10.2 Å². The Kier molecular flexibility index (Phi) is 6.40. The monoisotopic (exact) mass is 437 g/mol. The largest absolute Gasteiger partial charge is 0.573 e. The number of carbonyl (C=O) groups excluding carboxylic acids is 1. The van der Waals surface area contributed by atoms with Crippen LogP contribution in [0.5, 0.6) is 5.75 Å². The number of halogens is 3. The predicted molar refractivity (Wildman–Crippen MR) is 108 cm³/mol. The molecule has 3 rings (SSSR count). The second kappa shape index (κ2) is 8.84. The molecule has 1 aliphatic heterocycles. The van der Waals surface area contributed by atoms with Crippen LogP contribution >= 0.6 is 0 Å². The highest BCUT2D eigenvalue weighted by Gasteiger charge is 2.43. The van der Waals surface area contributed by atoms with Crippen molar-refractivity contribution >= 4 is 18.1 Å². The van der Waals surface area contributed by atoms with Crippen molar-refractivity contribution in [3.05, 3.63) is 48.5 Å². The Morgan fingerprint density at radius 3 is 2.19 bits per heavy atom. The van der Waals surface area contributed by atoms with E-state index in [1.807, 2.05) is 29.2 Å². The van der Waals surface area contributed by atoms with Crippen molar-refractivity contribution in [1.82, 2.24) is 10.2 Å². The molecule has 0 aliphatic carbocycles. The van der Waals surface area contributed by atoms with Gasteiger partial charge in [-0.15, -0.1) is 13.2 Å². The van der Waals surface area contributed by atoms with Crippen molar-refractivity contribution in [2.45, 2.75) is 18.4 Å². The van der Waals surface area contributed by atoms with E-state index in [1.165, 1.54) is 29.2 Å². The van der Waals surface area contributed by atoms with Crippen LogP contribution in [0.4, 0.5) is 23.7 Å². The standard InChI is InChI=1S/C21H22F3N3O4/c1-25-20(10-13-28)14-26(11-12-27(20)19(29)30)17-6-2-15(3-7-17)16-4-8-18(9-5-16)31-21(22,23)24/h2-9,13,25H,10-12,14H2,1H3,(H,29,30). The predicted octanol–water partition coefficient (Wildman–Crippen LogP) is 3.56. The summed E-state index contributed by atoms with van der Waals surface area (Å²) in [5, 5.41) is 12.5. The number of nitrogens with one attached hydrogen (secondary N) is 1. The summed E-state index contributed by atoms with van der Waals surface area (Å²) in [6, 6.07) is 13.0. The van der Waals surface area contributed by atoms with Crippen LogP contribution in [0.1, 0.15) is 6.42 Å². The van der Waals surface area contributed by atoms with Gasteiger partial charge >= 0.3 is 12.5 Å². The molecule has 0 bridgehead atoms. The van der Waals surface area contributed by atoms with Gasteiger partial charge in [-0.2, -0.15) is 0 Å². The fraction of sp³-hybridized carbons (Fsp3) is 0.333. The van der Waals surface area contributed by atoms with Gasteiger partial charge in [-0.1, -0.05) is 24.3 Å². The Morgan fingerprint density at radius 1 is 1.13 bits per heavy atom. The zero-order valence-corrected chi connectivity index (χ0v) is 16.7. The average molecular weight is 437 g/mol. The van der Waals surface area contributed by atoms with Gasteiger partial charge < -0.3 is 19.5 Å². The summed E-state index contributed by atoms with van der Waals surface area (Å²) in [6.07, 6.45) is -5.12. The minimum Gasteiger partial charge on any atom is -0.465 e. The molecule has 0 saturated carbocycles. The van der Waals surface area contributed by atoms with Gasteiger partial charge in [0.1, 0.15) is 17.7 Å². The van der Waals surface area contributed by atoms with E-state index in [4.69, 9.17) is 0 Å². The first-order chi connectivity index (χ1) is 14.7. The molecule has 7 nitrogen and oxygen atoms in total. The average Bonchev–Trinajstić information content (AvgIpc) is 2.73. The number of ether oxygens (including phenoxy) is 1. The van der Waals surface area contributed by atoms with Gasteiger partial charge in [0.05, 0.1) is 6.54 Å². The molecular formula is C21H22F3N3O4. The third-order valence-corrected chi connectivity index (χ3v) is 5.33. The van der Waals surface area contributed by atoms with Crippen LogP contribution in [-0.2, 0) is 4.79 Å². The Hall–Kier alpha value is -3.27. The van der Waals surface area contributed by atoms with Crippen molar-refractivity contribution in [3.63, 3.8) is 0 Å². The number of hydrogen-bond acceptors (Lipinski definition) is 5. The quantitative estimate of drug-likeness (QED) is 0.673. The third-order valence-electron chi connectivity index (χ3n) is 5.33. The van der Waals surface area contributed by atoms with Crippen LogP contribution in [-0.4, -0.2) is 61.1 Å². The molecule has 1 amide bonds. The molecule has 2 aromatic rings. The number of piperazine rings is 1. The van der Waals surface area contributed by atoms with E-state index >= 15 is 0 Å². The topological polar surface area (TPSA) is 82.1 Å². The maximum absolute atomic E-state index is 12.3. The molecule has 1 saturated heterocycles. The first kappa shape index (κ1) is 22.4. The minimum atomic E-state index is -4.74. The second-order valence-corrected chi connectivity index (χ2v) is 7.13. The highest BCUT2D eigenvalue weighted by atomic mass is 19.4. The first-order valence-electron chi connectivity index (χ1n) is 9.52. The zero-order valence-electron chi connectivity index (χ0n) is 16.7. The Balaban J connectivity index is 1.77. The number of likely N-dealkylation sites (N-methyl/N-ethyl adjacent to an activating group) is 1. The summed E-state index contributed by atoms with van der Waals surface area (Å²) in [5.41, 5.74) is 1.34. The summed E-state index contributed by atoms with van der Waals surface area (Å²) in [4.78, 5) is 26.1. The molecule has 1 fully saturated rings. The molecule has 0 spiro atoms. The maximum atomic E-state index is 12.3. The van der Waals surface area contributed by atoms with E-state index < -0.39 is 18.1 Å². The number of carboxylic acid groups (broad SMARTS) is 1. The van der Waals surface area contributed by atoms with Gasteiger partial charge in [0.25, 0.3) is 0 Å². The van der Waals surface area contributed by atoms with E-state index in [2.05, 4.69) is 10.1 Å². The van der Waals surface area contributed by atoms with Crippen LogP contribution in [0.2, 0.25) is 0 Å². The molecule has 166 valence electrons. The summed E-state index contributed by atoms with van der Waals surface area (Å²) in [6.45, 7) is 0.973. The lowest BCUT2D eigenvalue weighted by Gasteiger charge is -2.49. The van der Waals surface area contributed by atoms with Crippen LogP contribution in [0, 0.1) is 0 Å². The highest BCUT2D eigenvalue weighted by molar-refractivity contribution is 5.70. The Morgan fingerprint density at radius 2 is 1.71 bits per heavy atom. The Bertz CT molecular complexity index is 919. The van der Waals surface area contributed by atoms with Crippen LogP contribution in [0.15, 0.2) is 48.5 Å². The normalized spacial score (nSPS) is 19.2. The number of nitrogens with zero attached hydrogens (tertiary/aromatic N) is 2. The van der Waals surface area contributed by atoms with Gasteiger partial charge in [0.15, 0.2) is 0 Å². The summed E-state index contributed by atoms with van der Waals surface area (Å²) >= 11 is 0. The number of benzene rings is 2. The molecular weight excluding hydrogens is 415 g/mol. The van der Waals surface area contributed by atoms with Gasteiger partial charge in [-0.25, -0.2) is 4.79 Å². The van der Waals surface area contributed by atoms with Crippen molar-refractivity contribution in [2.24, 2.45) is 0 Å². The third kappa shape index (κ3) is 5.08. The lowest BCUT2D eigenvalue weighted by atomic mass is 9.99. The van der Waals surface area contributed by atoms with E-state index in [1.54, 1.807) is 7.05 Å². The number of hydrogen-bond donors (Lipinski definition) is 2. The summed E-state index contributed by atoms with van der Waals surface area (Å²) in [5.74, 6) is -0.289. The van der Waals surface area contributed by atoms with E-state index in [0.29, 0.717) is 12.8 Å². The molecule has 1 aliphatic rings. The number of anilines is 1. The van der Waals surface area contributed by atoms with Crippen molar-refractivity contribution < 1.29 is 32.6 Å². The lowest BCUT2D eigenvalue weighted by molar-refractivity contribution is -0.274. The van der Waals surface area contributed by atoms with E-state index in [-0.39, 0.29) is 25.3 Å². The summed E-state index contributed by atoms with van der Waals surface area (Å²) in [7, 11) is 1.62. The molecule has 31 heavy (non-hydrogen) atoms. The van der Waals surface area contributed by atoms with Crippen molar-refractivity contribution in [1.29, 1.82) is 0 Å². The fourth-order valence-corrected chi connectivity index (χ4v) is 3.76.